The molecular weight excluding hydrogens is 234 g/mol. The van der Waals surface area contributed by atoms with E-state index in [1.165, 1.54) is 30.6 Å². The van der Waals surface area contributed by atoms with Crippen LogP contribution in [0.1, 0.15) is 44.2 Å². The number of phenols is 1. The molecular formula is C17H25NO. The van der Waals surface area contributed by atoms with Crippen LogP contribution in [-0.2, 0) is 6.42 Å². The monoisotopic (exact) mass is 259 g/mol. The van der Waals surface area contributed by atoms with Crippen molar-refractivity contribution in [2.75, 3.05) is 13.1 Å². The molecule has 3 rings (SSSR count). The van der Waals surface area contributed by atoms with Crippen LogP contribution in [0, 0.1) is 11.8 Å². The molecule has 0 saturated carbocycles. The molecule has 2 heteroatoms. The van der Waals surface area contributed by atoms with Gasteiger partial charge in [-0.3, -0.25) is 4.90 Å². The molecule has 0 spiro atoms. The standard InChI is InChI=1S/C17H25NO/c1-11(2)9-18-10-12(3)16-7-14(18)6-13-4-5-15(19)8-17(13)16/h4-5,8,11-12,14,16,19H,6-7,9-10H2,1-3H3/t12-,14-,16+/m1/s1. The Morgan fingerprint density at radius 3 is 2.89 bits per heavy atom. The van der Waals surface area contributed by atoms with Gasteiger partial charge in [-0.15, -0.1) is 0 Å². The fourth-order valence-electron chi connectivity index (χ4n) is 4.03. The van der Waals surface area contributed by atoms with E-state index in [-0.39, 0.29) is 0 Å². The number of rotatable bonds is 2. The molecule has 1 aromatic rings. The van der Waals surface area contributed by atoms with Crippen molar-refractivity contribution in [2.24, 2.45) is 11.8 Å². The molecule has 3 atom stereocenters. The first-order chi connectivity index (χ1) is 9.04. The Kier molecular flexibility index (Phi) is 3.30. The molecule has 1 fully saturated rings. The third-order valence-electron chi connectivity index (χ3n) is 4.84. The summed E-state index contributed by atoms with van der Waals surface area (Å²) >= 11 is 0. The van der Waals surface area contributed by atoms with Gasteiger partial charge in [-0.2, -0.15) is 0 Å². The van der Waals surface area contributed by atoms with E-state index in [2.05, 4.69) is 31.7 Å². The lowest BCUT2D eigenvalue weighted by atomic mass is 9.70. The van der Waals surface area contributed by atoms with Crippen molar-refractivity contribution < 1.29 is 5.11 Å². The first kappa shape index (κ1) is 13.0. The Bertz CT molecular complexity index is 468. The molecule has 104 valence electrons. The number of nitrogens with zero attached hydrogens (tertiary/aromatic N) is 1. The molecule has 0 radical (unpaired) electrons. The van der Waals surface area contributed by atoms with E-state index in [9.17, 15) is 5.11 Å². The van der Waals surface area contributed by atoms with Crippen LogP contribution in [0.25, 0.3) is 0 Å². The van der Waals surface area contributed by atoms with Crippen molar-refractivity contribution in [3.63, 3.8) is 0 Å². The first-order valence-electron chi connectivity index (χ1n) is 7.60. The fraction of sp³-hybridized carbons (Fsp3) is 0.647. The molecule has 1 heterocycles. The summed E-state index contributed by atoms with van der Waals surface area (Å²) < 4.78 is 0. The smallest absolute Gasteiger partial charge is 0.115 e. The Balaban J connectivity index is 1.90. The second-order valence-electron chi connectivity index (χ2n) is 6.91. The van der Waals surface area contributed by atoms with Crippen molar-refractivity contribution >= 4 is 0 Å². The Morgan fingerprint density at radius 1 is 1.37 bits per heavy atom. The maximum absolute atomic E-state index is 9.73. The van der Waals surface area contributed by atoms with Crippen LogP contribution in [0.3, 0.4) is 0 Å². The van der Waals surface area contributed by atoms with Gasteiger partial charge >= 0.3 is 0 Å². The second-order valence-corrected chi connectivity index (χ2v) is 6.91. The van der Waals surface area contributed by atoms with E-state index in [0.717, 1.165) is 12.3 Å². The summed E-state index contributed by atoms with van der Waals surface area (Å²) in [6, 6.07) is 6.69. The lowest BCUT2D eigenvalue weighted by Gasteiger charge is -2.48. The molecule has 2 bridgehead atoms. The molecule has 1 aromatic carbocycles. The highest BCUT2D eigenvalue weighted by molar-refractivity contribution is 5.40. The van der Waals surface area contributed by atoms with Crippen LogP contribution >= 0.6 is 0 Å². The number of fused-ring (bicyclic) bond motifs is 4. The summed E-state index contributed by atoms with van der Waals surface area (Å²) in [5.41, 5.74) is 2.87. The van der Waals surface area contributed by atoms with Gasteiger partial charge in [0.1, 0.15) is 5.75 Å². The zero-order chi connectivity index (χ0) is 13.6. The summed E-state index contributed by atoms with van der Waals surface area (Å²) in [4.78, 5) is 2.70. The molecule has 0 unspecified atom stereocenters. The zero-order valence-electron chi connectivity index (χ0n) is 12.3. The number of hydrogen-bond acceptors (Lipinski definition) is 2. The van der Waals surface area contributed by atoms with Crippen LogP contribution < -0.4 is 0 Å². The van der Waals surface area contributed by atoms with Crippen molar-refractivity contribution in [1.29, 1.82) is 0 Å². The summed E-state index contributed by atoms with van der Waals surface area (Å²) in [6.45, 7) is 9.42. The minimum atomic E-state index is 0.425. The Labute approximate surface area is 116 Å². The van der Waals surface area contributed by atoms with Crippen molar-refractivity contribution in [3.05, 3.63) is 29.3 Å². The van der Waals surface area contributed by atoms with Gasteiger partial charge in [0.2, 0.25) is 0 Å². The van der Waals surface area contributed by atoms with Gasteiger partial charge in [-0.25, -0.2) is 0 Å². The quantitative estimate of drug-likeness (QED) is 0.880. The van der Waals surface area contributed by atoms with E-state index in [1.807, 2.05) is 12.1 Å². The predicted molar refractivity (Wildman–Crippen MR) is 78.5 cm³/mol. The van der Waals surface area contributed by atoms with Gasteiger partial charge in [0.05, 0.1) is 0 Å². The largest absolute Gasteiger partial charge is 0.508 e. The molecule has 2 nitrogen and oxygen atoms in total. The van der Waals surface area contributed by atoms with Crippen LogP contribution in [0.2, 0.25) is 0 Å². The number of aromatic hydroxyl groups is 1. The lowest BCUT2D eigenvalue weighted by Crippen LogP contribution is -2.50. The van der Waals surface area contributed by atoms with E-state index in [1.54, 1.807) is 0 Å². The fourth-order valence-corrected chi connectivity index (χ4v) is 4.03. The Morgan fingerprint density at radius 2 is 2.16 bits per heavy atom. The molecule has 1 aliphatic carbocycles. The zero-order valence-corrected chi connectivity index (χ0v) is 12.3. The third kappa shape index (κ3) is 2.38. The topological polar surface area (TPSA) is 23.5 Å². The highest BCUT2D eigenvalue weighted by Crippen LogP contribution is 2.43. The molecule has 1 N–H and O–H groups in total. The maximum atomic E-state index is 9.73. The van der Waals surface area contributed by atoms with Crippen LogP contribution in [-0.4, -0.2) is 29.1 Å². The SMILES string of the molecule is CC(C)CN1C[C@@H](C)[C@@H]2C[C@H]1Cc1ccc(O)cc12. The van der Waals surface area contributed by atoms with E-state index in [4.69, 9.17) is 0 Å². The molecule has 0 amide bonds. The van der Waals surface area contributed by atoms with Gasteiger partial charge in [-0.05, 0) is 53.9 Å². The molecule has 19 heavy (non-hydrogen) atoms. The number of benzene rings is 1. The van der Waals surface area contributed by atoms with Crippen molar-refractivity contribution in [1.82, 2.24) is 4.90 Å². The van der Waals surface area contributed by atoms with E-state index < -0.39 is 0 Å². The normalized spacial score (nSPS) is 30.4. The van der Waals surface area contributed by atoms with Gasteiger partial charge in [0, 0.05) is 19.1 Å². The lowest BCUT2D eigenvalue weighted by molar-refractivity contribution is 0.0759. The van der Waals surface area contributed by atoms with Crippen molar-refractivity contribution in [2.45, 2.75) is 45.6 Å². The van der Waals surface area contributed by atoms with E-state index >= 15 is 0 Å². The van der Waals surface area contributed by atoms with Crippen LogP contribution in [0.15, 0.2) is 18.2 Å². The molecule has 1 aliphatic heterocycles. The first-order valence-corrected chi connectivity index (χ1v) is 7.60. The average molecular weight is 259 g/mol. The molecule has 0 aromatic heterocycles. The highest BCUT2D eigenvalue weighted by Gasteiger charge is 2.38. The maximum Gasteiger partial charge on any atom is 0.115 e. The minimum absolute atomic E-state index is 0.425. The van der Waals surface area contributed by atoms with Gasteiger partial charge in [-0.1, -0.05) is 26.8 Å². The van der Waals surface area contributed by atoms with Crippen molar-refractivity contribution in [3.8, 4) is 5.75 Å². The van der Waals surface area contributed by atoms with Gasteiger partial charge in [0.25, 0.3) is 0 Å². The van der Waals surface area contributed by atoms with Gasteiger partial charge in [0.15, 0.2) is 0 Å². The summed E-state index contributed by atoms with van der Waals surface area (Å²) in [5.74, 6) is 2.50. The number of likely N-dealkylation sites (tertiary alicyclic amines) is 1. The van der Waals surface area contributed by atoms with Crippen LogP contribution in [0.4, 0.5) is 0 Å². The number of hydrogen-bond donors (Lipinski definition) is 1. The van der Waals surface area contributed by atoms with Crippen LogP contribution in [0.5, 0.6) is 5.75 Å². The average Bonchev–Trinajstić information content (AvgIpc) is 2.35. The third-order valence-corrected chi connectivity index (χ3v) is 4.84. The highest BCUT2D eigenvalue weighted by atomic mass is 16.3. The van der Waals surface area contributed by atoms with E-state index in [0.29, 0.717) is 23.6 Å². The molecule has 1 saturated heterocycles. The number of phenolic OH excluding ortho intramolecular Hbond substituents is 1. The Hall–Kier alpha value is -1.02. The predicted octanol–water partition coefficient (Wildman–Crippen LogP) is 3.40. The number of piperidine rings is 1. The summed E-state index contributed by atoms with van der Waals surface area (Å²) in [6.07, 6.45) is 2.43. The summed E-state index contributed by atoms with van der Waals surface area (Å²) in [5, 5.41) is 9.73. The molecule has 2 aliphatic rings. The minimum Gasteiger partial charge on any atom is -0.508 e. The van der Waals surface area contributed by atoms with Gasteiger partial charge < -0.3 is 5.11 Å². The second kappa shape index (κ2) is 4.82. The summed E-state index contributed by atoms with van der Waals surface area (Å²) in [7, 11) is 0.